The molecule has 0 radical (unpaired) electrons. The van der Waals surface area contributed by atoms with Gasteiger partial charge >= 0.3 is 0 Å². The number of benzene rings is 1. The Morgan fingerprint density at radius 1 is 1.18 bits per heavy atom. The number of aromatic nitrogens is 3. The molecule has 9 heteroatoms. The summed E-state index contributed by atoms with van der Waals surface area (Å²) in [6, 6.07) is 7.94. The van der Waals surface area contributed by atoms with Gasteiger partial charge in [0.1, 0.15) is 10.8 Å². The number of nitrogens with zero attached hydrogens (tertiary/aromatic N) is 4. The summed E-state index contributed by atoms with van der Waals surface area (Å²) < 4.78 is 8.02. The highest BCUT2D eigenvalue weighted by Crippen LogP contribution is 2.47. The average molecular weight is 498 g/mol. The molecule has 0 bridgehead atoms. The summed E-state index contributed by atoms with van der Waals surface area (Å²) in [6.45, 7) is 8.00. The molecule has 1 aliphatic carbocycles. The van der Waals surface area contributed by atoms with Crippen molar-refractivity contribution in [2.45, 2.75) is 58.4 Å². The van der Waals surface area contributed by atoms with E-state index in [1.807, 2.05) is 43.9 Å². The molecule has 0 spiro atoms. The van der Waals surface area contributed by atoms with Crippen molar-refractivity contribution in [3.05, 3.63) is 62.5 Å². The highest BCUT2D eigenvalue weighted by molar-refractivity contribution is 7.15. The molecule has 2 aromatic heterocycles. The average Bonchev–Trinajstić information content (AvgIpc) is 3.44. The molecular formula is C25H28ClN5O2S. The quantitative estimate of drug-likeness (QED) is 0.582. The van der Waals surface area contributed by atoms with Crippen LogP contribution in [0.5, 0.6) is 0 Å². The Morgan fingerprint density at radius 2 is 1.94 bits per heavy atom. The van der Waals surface area contributed by atoms with E-state index in [0.717, 1.165) is 40.1 Å². The number of halogens is 1. The number of ether oxygens (including phenoxy) is 1. The molecule has 1 fully saturated rings. The van der Waals surface area contributed by atoms with Gasteiger partial charge in [-0.05, 0) is 50.8 Å². The second-order valence-electron chi connectivity index (χ2n) is 9.66. The van der Waals surface area contributed by atoms with Gasteiger partial charge in [-0.25, -0.2) is 0 Å². The number of thiophene rings is 1. The van der Waals surface area contributed by atoms with Crippen LogP contribution in [0.25, 0.3) is 5.00 Å². The van der Waals surface area contributed by atoms with Gasteiger partial charge in [-0.2, -0.15) is 0 Å². The number of carbonyl (C=O) groups is 1. The highest BCUT2D eigenvalue weighted by atomic mass is 35.5. The van der Waals surface area contributed by atoms with Gasteiger partial charge in [-0.15, -0.1) is 21.5 Å². The van der Waals surface area contributed by atoms with Crippen molar-refractivity contribution in [3.8, 4) is 5.00 Å². The van der Waals surface area contributed by atoms with E-state index in [4.69, 9.17) is 16.3 Å². The summed E-state index contributed by atoms with van der Waals surface area (Å²) in [5.41, 5.74) is 3.55. The van der Waals surface area contributed by atoms with Crippen LogP contribution in [-0.2, 0) is 28.9 Å². The van der Waals surface area contributed by atoms with Gasteiger partial charge < -0.3 is 9.64 Å². The third-order valence-corrected chi connectivity index (χ3v) is 8.74. The Bertz CT molecular complexity index is 1260. The van der Waals surface area contributed by atoms with E-state index in [1.165, 1.54) is 16.0 Å². The number of carbonyl (C=O) groups excluding carboxylic acids is 1. The predicted octanol–water partition coefficient (Wildman–Crippen LogP) is 3.83. The Balaban J connectivity index is 1.40. The fourth-order valence-corrected chi connectivity index (χ4v) is 7.51. The lowest BCUT2D eigenvalue weighted by atomic mass is 9.94. The molecule has 1 N–H and O–H groups in total. The maximum atomic E-state index is 13.5. The number of hydrogen-bond donors (Lipinski definition) is 1. The number of rotatable bonds is 2. The summed E-state index contributed by atoms with van der Waals surface area (Å²) >= 11 is 8.45. The Labute approximate surface area is 208 Å². The standard InChI is InChI=1S/C25H28ClN5O2S/c1-13-11-30(12-14(2)33-13)24(32)16-8-18-20(9-16)34-25-22(18)23(17-6-4-5-7-19(17)26)27-10-21-29-28-15(3)31(21)25/h4-7,13-14,16,23,27H,8-12H2,1-3H3/t13-,14+,16-,23-/m0/s1. The number of nitrogens with one attached hydrogen (secondary N) is 1. The highest BCUT2D eigenvalue weighted by Gasteiger charge is 2.40. The zero-order valence-corrected chi connectivity index (χ0v) is 21.1. The molecular weight excluding hydrogens is 470 g/mol. The predicted molar refractivity (Wildman–Crippen MR) is 132 cm³/mol. The van der Waals surface area contributed by atoms with Crippen molar-refractivity contribution in [3.63, 3.8) is 0 Å². The molecule has 34 heavy (non-hydrogen) atoms. The molecule has 7 nitrogen and oxygen atoms in total. The zero-order valence-electron chi connectivity index (χ0n) is 19.5. The topological polar surface area (TPSA) is 72.3 Å². The van der Waals surface area contributed by atoms with Crippen molar-refractivity contribution in [2.24, 2.45) is 5.92 Å². The summed E-state index contributed by atoms with van der Waals surface area (Å²) in [5, 5.41) is 14.3. The summed E-state index contributed by atoms with van der Waals surface area (Å²) in [5.74, 6) is 2.00. The minimum Gasteiger partial charge on any atom is -0.372 e. The van der Waals surface area contributed by atoms with Crippen molar-refractivity contribution in [1.82, 2.24) is 25.0 Å². The second-order valence-corrected chi connectivity index (χ2v) is 11.2. The normalized spacial score (nSPS) is 26.1. The monoisotopic (exact) mass is 497 g/mol. The Hall–Kier alpha value is -2.26. The van der Waals surface area contributed by atoms with E-state index in [-0.39, 0.29) is 30.1 Å². The first kappa shape index (κ1) is 22.2. The van der Waals surface area contributed by atoms with Crippen molar-refractivity contribution < 1.29 is 9.53 Å². The van der Waals surface area contributed by atoms with Crippen LogP contribution in [0.2, 0.25) is 5.02 Å². The van der Waals surface area contributed by atoms with Gasteiger partial charge in [0, 0.05) is 34.5 Å². The van der Waals surface area contributed by atoms with Gasteiger partial charge in [0.25, 0.3) is 0 Å². The van der Waals surface area contributed by atoms with E-state index in [2.05, 4.69) is 26.1 Å². The van der Waals surface area contributed by atoms with Crippen LogP contribution in [0.3, 0.4) is 0 Å². The van der Waals surface area contributed by atoms with Crippen LogP contribution in [-0.4, -0.2) is 50.9 Å². The summed E-state index contributed by atoms with van der Waals surface area (Å²) in [7, 11) is 0. The van der Waals surface area contributed by atoms with E-state index in [9.17, 15) is 4.79 Å². The number of hydrogen-bond acceptors (Lipinski definition) is 6. The van der Waals surface area contributed by atoms with Crippen LogP contribution in [0.1, 0.15) is 53.1 Å². The zero-order chi connectivity index (χ0) is 23.6. The maximum absolute atomic E-state index is 13.5. The van der Waals surface area contributed by atoms with E-state index >= 15 is 0 Å². The Kier molecular flexibility index (Phi) is 5.52. The van der Waals surface area contributed by atoms with E-state index in [1.54, 1.807) is 11.3 Å². The Morgan fingerprint density at radius 3 is 2.71 bits per heavy atom. The summed E-state index contributed by atoms with van der Waals surface area (Å²) in [4.78, 5) is 16.8. The molecule has 0 saturated carbocycles. The minimum atomic E-state index is -0.0675. The molecule has 3 aromatic rings. The number of aryl methyl sites for hydroxylation is 1. The van der Waals surface area contributed by atoms with Gasteiger partial charge in [-0.1, -0.05) is 29.8 Å². The maximum Gasteiger partial charge on any atom is 0.226 e. The van der Waals surface area contributed by atoms with Crippen LogP contribution in [0.15, 0.2) is 24.3 Å². The molecule has 1 saturated heterocycles. The molecule has 3 aliphatic rings. The second kappa shape index (κ2) is 8.45. The SMILES string of the molecule is Cc1nnc2n1-c1sc3c(c1[C@H](c1ccccc1Cl)NC2)C[C@H](C(=O)N1C[C@@H](C)O[C@@H](C)C1)C3. The van der Waals surface area contributed by atoms with E-state index < -0.39 is 0 Å². The van der Waals surface area contributed by atoms with E-state index in [0.29, 0.717) is 19.6 Å². The lowest BCUT2D eigenvalue weighted by Gasteiger charge is -2.36. The lowest BCUT2D eigenvalue weighted by molar-refractivity contribution is -0.147. The number of fused-ring (bicyclic) bond motifs is 5. The lowest BCUT2D eigenvalue weighted by Crippen LogP contribution is -2.50. The van der Waals surface area contributed by atoms with Crippen LogP contribution in [0, 0.1) is 12.8 Å². The summed E-state index contributed by atoms with van der Waals surface area (Å²) in [6.07, 6.45) is 1.67. The first-order valence-electron chi connectivity index (χ1n) is 11.9. The molecule has 0 unspecified atom stereocenters. The molecule has 2 aliphatic heterocycles. The molecule has 6 rings (SSSR count). The molecule has 178 valence electrons. The third kappa shape index (κ3) is 3.59. The van der Waals surface area contributed by atoms with Crippen LogP contribution < -0.4 is 5.32 Å². The van der Waals surface area contributed by atoms with Crippen molar-refractivity contribution in [1.29, 1.82) is 0 Å². The van der Waals surface area contributed by atoms with Crippen LogP contribution >= 0.6 is 22.9 Å². The van der Waals surface area contributed by atoms with Gasteiger partial charge in [0.2, 0.25) is 5.91 Å². The van der Waals surface area contributed by atoms with Crippen LogP contribution in [0.4, 0.5) is 0 Å². The largest absolute Gasteiger partial charge is 0.372 e. The first-order valence-corrected chi connectivity index (χ1v) is 13.1. The molecule has 1 amide bonds. The number of amides is 1. The molecule has 4 atom stereocenters. The van der Waals surface area contributed by atoms with Crippen molar-refractivity contribution in [2.75, 3.05) is 13.1 Å². The molecule has 4 heterocycles. The van der Waals surface area contributed by atoms with Gasteiger partial charge in [0.05, 0.1) is 24.8 Å². The van der Waals surface area contributed by atoms with Crippen molar-refractivity contribution >= 4 is 28.8 Å². The first-order chi connectivity index (χ1) is 16.4. The molecule has 1 aromatic carbocycles. The fourth-order valence-electron chi connectivity index (χ4n) is 5.75. The third-order valence-electron chi connectivity index (χ3n) is 7.14. The number of morpholine rings is 1. The van der Waals surface area contributed by atoms with Gasteiger partial charge in [0.15, 0.2) is 5.82 Å². The smallest absolute Gasteiger partial charge is 0.226 e. The fraction of sp³-hybridized carbons (Fsp3) is 0.480. The van der Waals surface area contributed by atoms with Gasteiger partial charge in [-0.3, -0.25) is 14.7 Å². The minimum absolute atomic E-state index is 0.0272.